The first-order chi connectivity index (χ1) is 8.04. The molecule has 0 saturated heterocycles. The number of anilines is 1. The first-order valence-corrected chi connectivity index (χ1v) is 5.71. The number of halogens is 2. The average molecular weight is 269 g/mol. The van der Waals surface area contributed by atoms with Gasteiger partial charge in [-0.3, -0.25) is 0 Å². The lowest BCUT2D eigenvalue weighted by Crippen LogP contribution is -2.05. The standard InChI is InChI=1S/C11H10Cl2N4/c1-6-15-10(17-11(14)16-6)4-7-2-3-8(12)5-9(7)13/h2-3,5H,4H2,1H3,(H2,14,15,16,17). The van der Waals surface area contributed by atoms with E-state index in [1.165, 1.54) is 0 Å². The highest BCUT2D eigenvalue weighted by Crippen LogP contribution is 2.22. The second-order valence-electron chi connectivity index (χ2n) is 3.57. The molecule has 0 fully saturated rings. The second-order valence-corrected chi connectivity index (χ2v) is 4.41. The van der Waals surface area contributed by atoms with Crippen LogP contribution in [0.5, 0.6) is 0 Å². The van der Waals surface area contributed by atoms with Crippen LogP contribution in [0, 0.1) is 6.92 Å². The van der Waals surface area contributed by atoms with Gasteiger partial charge in [0.15, 0.2) is 0 Å². The van der Waals surface area contributed by atoms with Crippen molar-refractivity contribution in [3.05, 3.63) is 45.5 Å². The number of nitrogens with two attached hydrogens (primary N) is 1. The third-order valence-corrected chi connectivity index (χ3v) is 2.76. The number of hydrogen-bond acceptors (Lipinski definition) is 4. The summed E-state index contributed by atoms with van der Waals surface area (Å²) in [6.45, 7) is 1.77. The van der Waals surface area contributed by atoms with Crippen molar-refractivity contribution in [2.24, 2.45) is 0 Å². The highest BCUT2D eigenvalue weighted by molar-refractivity contribution is 6.35. The predicted octanol–water partition coefficient (Wildman–Crippen LogP) is 2.66. The van der Waals surface area contributed by atoms with Crippen LogP contribution in [0.25, 0.3) is 0 Å². The van der Waals surface area contributed by atoms with Crippen LogP contribution in [-0.2, 0) is 6.42 Å². The molecular formula is C11H10Cl2N4. The van der Waals surface area contributed by atoms with Gasteiger partial charge in [-0.05, 0) is 24.6 Å². The highest BCUT2D eigenvalue weighted by Gasteiger charge is 2.06. The van der Waals surface area contributed by atoms with Gasteiger partial charge in [0.1, 0.15) is 11.6 Å². The molecule has 0 amide bonds. The van der Waals surface area contributed by atoms with E-state index in [9.17, 15) is 0 Å². The van der Waals surface area contributed by atoms with Gasteiger partial charge >= 0.3 is 0 Å². The van der Waals surface area contributed by atoms with Crippen molar-refractivity contribution in [3.63, 3.8) is 0 Å². The molecule has 0 atom stereocenters. The number of nitrogens with zero attached hydrogens (tertiary/aromatic N) is 3. The largest absolute Gasteiger partial charge is 0.368 e. The molecule has 2 N–H and O–H groups in total. The molecule has 1 aromatic heterocycles. The van der Waals surface area contributed by atoms with E-state index in [1.54, 1.807) is 19.1 Å². The molecule has 0 aliphatic rings. The zero-order valence-corrected chi connectivity index (χ0v) is 10.6. The molecule has 0 saturated carbocycles. The molecule has 2 aromatic rings. The summed E-state index contributed by atoms with van der Waals surface area (Å²) in [5, 5.41) is 1.19. The maximum Gasteiger partial charge on any atom is 0.223 e. The van der Waals surface area contributed by atoms with Gasteiger partial charge in [-0.15, -0.1) is 0 Å². The summed E-state index contributed by atoms with van der Waals surface area (Å²) in [5.41, 5.74) is 6.46. The van der Waals surface area contributed by atoms with Crippen molar-refractivity contribution >= 4 is 29.2 Å². The first-order valence-electron chi connectivity index (χ1n) is 4.95. The highest BCUT2D eigenvalue weighted by atomic mass is 35.5. The Labute approximate surface area is 109 Å². The van der Waals surface area contributed by atoms with Crippen LogP contribution in [0.1, 0.15) is 17.2 Å². The van der Waals surface area contributed by atoms with Crippen LogP contribution in [0.2, 0.25) is 10.0 Å². The van der Waals surface area contributed by atoms with E-state index < -0.39 is 0 Å². The van der Waals surface area contributed by atoms with Crippen LogP contribution in [0.15, 0.2) is 18.2 Å². The molecule has 6 heteroatoms. The van der Waals surface area contributed by atoms with Gasteiger partial charge in [0.25, 0.3) is 0 Å². The molecule has 0 spiro atoms. The van der Waals surface area contributed by atoms with Gasteiger partial charge in [0.05, 0.1) is 0 Å². The molecule has 0 unspecified atom stereocenters. The van der Waals surface area contributed by atoms with Crippen molar-refractivity contribution in [1.82, 2.24) is 15.0 Å². The Kier molecular flexibility index (Phi) is 3.45. The lowest BCUT2D eigenvalue weighted by molar-refractivity contribution is 0.890. The minimum absolute atomic E-state index is 0.220. The second kappa shape index (κ2) is 4.85. The monoisotopic (exact) mass is 268 g/mol. The van der Waals surface area contributed by atoms with Crippen molar-refractivity contribution in [2.75, 3.05) is 5.73 Å². The summed E-state index contributed by atoms with van der Waals surface area (Å²) in [6.07, 6.45) is 0.504. The number of nitrogen functional groups attached to an aromatic ring is 1. The Morgan fingerprint density at radius 3 is 2.59 bits per heavy atom. The molecule has 1 aromatic carbocycles. The van der Waals surface area contributed by atoms with Crippen molar-refractivity contribution in [1.29, 1.82) is 0 Å². The SMILES string of the molecule is Cc1nc(N)nc(Cc2ccc(Cl)cc2Cl)n1. The summed E-state index contributed by atoms with van der Waals surface area (Å²) in [5.74, 6) is 1.41. The van der Waals surface area contributed by atoms with Crippen LogP contribution < -0.4 is 5.73 Å². The molecule has 4 nitrogen and oxygen atoms in total. The lowest BCUT2D eigenvalue weighted by Gasteiger charge is -2.05. The maximum absolute atomic E-state index is 6.07. The van der Waals surface area contributed by atoms with Gasteiger partial charge < -0.3 is 5.73 Å². The van der Waals surface area contributed by atoms with Crippen LogP contribution in [0.4, 0.5) is 5.95 Å². The van der Waals surface area contributed by atoms with E-state index in [1.807, 2.05) is 6.07 Å². The fourth-order valence-corrected chi connectivity index (χ4v) is 1.95. The third kappa shape index (κ3) is 3.05. The minimum atomic E-state index is 0.220. The van der Waals surface area contributed by atoms with E-state index in [0.29, 0.717) is 28.1 Å². The van der Waals surface area contributed by atoms with Gasteiger partial charge in [0.2, 0.25) is 5.95 Å². The van der Waals surface area contributed by atoms with Gasteiger partial charge in [-0.2, -0.15) is 9.97 Å². The van der Waals surface area contributed by atoms with Crippen LogP contribution in [0.3, 0.4) is 0 Å². The van der Waals surface area contributed by atoms with Gasteiger partial charge in [-0.1, -0.05) is 29.3 Å². The average Bonchev–Trinajstić information content (AvgIpc) is 2.21. The zero-order valence-electron chi connectivity index (χ0n) is 9.11. The quantitative estimate of drug-likeness (QED) is 0.910. The molecule has 2 rings (SSSR count). The lowest BCUT2D eigenvalue weighted by atomic mass is 10.1. The normalized spacial score (nSPS) is 10.5. The first kappa shape index (κ1) is 12.1. The fraction of sp³-hybridized carbons (Fsp3) is 0.182. The zero-order chi connectivity index (χ0) is 12.4. The topological polar surface area (TPSA) is 64.7 Å². The van der Waals surface area contributed by atoms with Gasteiger partial charge in [-0.25, -0.2) is 4.98 Å². The summed E-state index contributed by atoms with van der Waals surface area (Å²) >= 11 is 11.9. The van der Waals surface area contributed by atoms with Gasteiger partial charge in [0, 0.05) is 16.5 Å². The number of aromatic nitrogens is 3. The smallest absolute Gasteiger partial charge is 0.223 e. The molecule has 17 heavy (non-hydrogen) atoms. The molecule has 1 heterocycles. The Hall–Kier alpha value is -1.39. The molecule has 0 aliphatic carbocycles. The van der Waals surface area contributed by atoms with Crippen LogP contribution >= 0.6 is 23.2 Å². The molecule has 0 radical (unpaired) electrons. The molecule has 0 bridgehead atoms. The maximum atomic E-state index is 6.07. The van der Waals surface area contributed by atoms with E-state index in [0.717, 1.165) is 5.56 Å². The number of hydrogen-bond donors (Lipinski definition) is 1. The Morgan fingerprint density at radius 1 is 1.18 bits per heavy atom. The molecule has 0 aliphatic heterocycles. The molecule has 88 valence electrons. The third-order valence-electron chi connectivity index (χ3n) is 2.17. The van der Waals surface area contributed by atoms with E-state index in [4.69, 9.17) is 28.9 Å². The fourth-order valence-electron chi connectivity index (χ4n) is 1.47. The summed E-state index contributed by atoms with van der Waals surface area (Å²) in [7, 11) is 0. The summed E-state index contributed by atoms with van der Waals surface area (Å²) in [6, 6.07) is 5.32. The summed E-state index contributed by atoms with van der Waals surface area (Å²) in [4.78, 5) is 12.2. The van der Waals surface area contributed by atoms with Crippen LogP contribution in [-0.4, -0.2) is 15.0 Å². The van der Waals surface area contributed by atoms with E-state index >= 15 is 0 Å². The number of benzene rings is 1. The Balaban J connectivity index is 2.31. The number of aryl methyl sites for hydroxylation is 1. The predicted molar refractivity (Wildman–Crippen MR) is 68.2 cm³/mol. The molecular weight excluding hydrogens is 259 g/mol. The van der Waals surface area contributed by atoms with E-state index in [2.05, 4.69) is 15.0 Å². The Bertz CT molecular complexity index is 537. The number of rotatable bonds is 2. The van der Waals surface area contributed by atoms with E-state index in [-0.39, 0.29) is 5.95 Å². The van der Waals surface area contributed by atoms with Crippen molar-refractivity contribution in [3.8, 4) is 0 Å². The minimum Gasteiger partial charge on any atom is -0.368 e. The van der Waals surface area contributed by atoms with Crippen molar-refractivity contribution < 1.29 is 0 Å². The van der Waals surface area contributed by atoms with Crippen molar-refractivity contribution in [2.45, 2.75) is 13.3 Å². The Morgan fingerprint density at radius 2 is 1.94 bits per heavy atom. The summed E-state index contributed by atoms with van der Waals surface area (Å²) < 4.78 is 0.